The molecule has 0 aromatic heterocycles. The number of carbonyl (C=O) groups is 3. The monoisotopic (exact) mass is 919 g/mol. The summed E-state index contributed by atoms with van der Waals surface area (Å²) in [6, 6.07) is 0. The molecule has 378 valence electrons. The lowest BCUT2D eigenvalue weighted by Crippen LogP contribution is -2.30. The number of unbranched alkanes of at least 4 members (excludes halogenated alkanes) is 28. The van der Waals surface area contributed by atoms with Crippen molar-refractivity contribution in [2.45, 2.75) is 264 Å². The fraction of sp³-hybridized carbons (Fsp3) is 0.717. The van der Waals surface area contributed by atoms with E-state index in [-0.39, 0.29) is 37.5 Å². The Balaban J connectivity index is 4.45. The number of esters is 3. The highest BCUT2D eigenvalue weighted by Gasteiger charge is 2.19. The number of carbonyl (C=O) groups excluding carboxylic acids is 3. The molecule has 0 bridgehead atoms. The second-order valence-corrected chi connectivity index (χ2v) is 18.2. The van der Waals surface area contributed by atoms with Crippen LogP contribution in [0.25, 0.3) is 0 Å². The van der Waals surface area contributed by atoms with Crippen molar-refractivity contribution in [1.82, 2.24) is 0 Å². The summed E-state index contributed by atoms with van der Waals surface area (Å²) in [5, 5.41) is 0. The van der Waals surface area contributed by atoms with Crippen LogP contribution in [0.1, 0.15) is 258 Å². The van der Waals surface area contributed by atoms with Crippen molar-refractivity contribution in [2.24, 2.45) is 0 Å². The van der Waals surface area contributed by atoms with Crippen LogP contribution in [0.4, 0.5) is 0 Å². The number of hydrogen-bond donors (Lipinski definition) is 0. The average molecular weight is 919 g/mol. The Kier molecular flexibility index (Phi) is 51.4. The summed E-state index contributed by atoms with van der Waals surface area (Å²) >= 11 is 0. The molecule has 0 rings (SSSR count). The summed E-state index contributed by atoms with van der Waals surface area (Å²) in [7, 11) is 0. The van der Waals surface area contributed by atoms with Gasteiger partial charge in [-0.25, -0.2) is 0 Å². The van der Waals surface area contributed by atoms with Crippen LogP contribution in [0.3, 0.4) is 0 Å². The van der Waals surface area contributed by atoms with Gasteiger partial charge < -0.3 is 14.2 Å². The lowest BCUT2D eigenvalue weighted by Gasteiger charge is -2.18. The van der Waals surface area contributed by atoms with E-state index >= 15 is 0 Å². The topological polar surface area (TPSA) is 78.9 Å². The van der Waals surface area contributed by atoms with Crippen LogP contribution in [-0.4, -0.2) is 37.2 Å². The molecule has 0 saturated carbocycles. The van der Waals surface area contributed by atoms with Crippen molar-refractivity contribution in [2.75, 3.05) is 13.2 Å². The maximum absolute atomic E-state index is 12.8. The zero-order chi connectivity index (χ0) is 47.9. The van der Waals surface area contributed by atoms with Crippen molar-refractivity contribution in [3.8, 4) is 0 Å². The van der Waals surface area contributed by atoms with Gasteiger partial charge >= 0.3 is 17.9 Å². The van der Waals surface area contributed by atoms with Crippen LogP contribution in [0, 0.1) is 0 Å². The second-order valence-electron chi connectivity index (χ2n) is 18.2. The van der Waals surface area contributed by atoms with Crippen LogP contribution < -0.4 is 0 Å². The highest BCUT2D eigenvalue weighted by Crippen LogP contribution is 2.15. The first-order chi connectivity index (χ1) is 32.5. The van der Waals surface area contributed by atoms with Gasteiger partial charge in [-0.15, -0.1) is 0 Å². The lowest BCUT2D eigenvalue weighted by atomic mass is 10.1. The predicted octanol–water partition coefficient (Wildman–Crippen LogP) is 18.4. The third kappa shape index (κ3) is 51.6. The Hall–Kier alpha value is -3.41. The van der Waals surface area contributed by atoms with Gasteiger partial charge in [-0.1, -0.05) is 241 Å². The maximum atomic E-state index is 12.8. The second kappa shape index (κ2) is 54.2. The Bertz CT molecular complexity index is 1290. The van der Waals surface area contributed by atoms with E-state index in [1.165, 1.54) is 148 Å². The highest BCUT2D eigenvalue weighted by atomic mass is 16.6. The minimum Gasteiger partial charge on any atom is -0.462 e. The molecule has 0 aliphatic carbocycles. The largest absolute Gasteiger partial charge is 0.462 e. The van der Waals surface area contributed by atoms with Crippen LogP contribution in [0.5, 0.6) is 0 Å². The molecular formula is C60H102O6. The Morgan fingerprint density at radius 2 is 0.621 bits per heavy atom. The first kappa shape index (κ1) is 62.6. The van der Waals surface area contributed by atoms with Crippen LogP contribution in [0.15, 0.2) is 85.1 Å². The molecule has 0 aromatic rings. The van der Waals surface area contributed by atoms with Gasteiger partial charge in [0.1, 0.15) is 13.2 Å². The third-order valence-corrected chi connectivity index (χ3v) is 11.7. The van der Waals surface area contributed by atoms with Crippen molar-refractivity contribution in [1.29, 1.82) is 0 Å². The Morgan fingerprint density at radius 1 is 0.318 bits per heavy atom. The van der Waals surface area contributed by atoms with E-state index in [1.807, 2.05) is 54.7 Å². The molecule has 1 atom stereocenters. The van der Waals surface area contributed by atoms with Gasteiger partial charge in [0.25, 0.3) is 0 Å². The number of hydrogen-bond acceptors (Lipinski definition) is 6. The quantitative estimate of drug-likeness (QED) is 0.0199. The van der Waals surface area contributed by atoms with E-state index in [4.69, 9.17) is 14.2 Å². The molecule has 0 heterocycles. The molecule has 0 saturated heterocycles. The molecule has 0 aromatic carbocycles. The smallest absolute Gasteiger partial charge is 0.306 e. The van der Waals surface area contributed by atoms with Crippen LogP contribution in [0.2, 0.25) is 0 Å². The van der Waals surface area contributed by atoms with Crippen molar-refractivity contribution < 1.29 is 28.6 Å². The van der Waals surface area contributed by atoms with Crippen molar-refractivity contribution in [3.63, 3.8) is 0 Å². The SMILES string of the molecule is CC\C=C/C=C\C=C/C=C\C=C/CCCC(=O)OCC(COC(=O)CCCCCCCCC/C=C\CCCCCCCCCC)OC(=O)CCCCCCC/C=C\CCCCCCCCC. The van der Waals surface area contributed by atoms with E-state index < -0.39 is 6.10 Å². The molecule has 0 aliphatic heterocycles. The molecule has 0 aliphatic rings. The molecule has 0 N–H and O–H groups in total. The minimum atomic E-state index is -0.811. The van der Waals surface area contributed by atoms with Gasteiger partial charge in [-0.3, -0.25) is 14.4 Å². The van der Waals surface area contributed by atoms with Crippen molar-refractivity contribution in [3.05, 3.63) is 85.1 Å². The molecule has 6 heteroatoms. The Labute approximate surface area is 407 Å². The minimum absolute atomic E-state index is 0.105. The molecule has 6 nitrogen and oxygen atoms in total. The van der Waals surface area contributed by atoms with E-state index in [9.17, 15) is 14.4 Å². The predicted molar refractivity (Wildman–Crippen MR) is 284 cm³/mol. The molecular weight excluding hydrogens is 817 g/mol. The zero-order valence-corrected chi connectivity index (χ0v) is 43.2. The standard InChI is InChI=1S/C60H102O6/c1-4-7-10-13-16-19-22-25-27-29-30-31-33-35-38-41-44-47-50-53-59(62)65-56-57(55-64-58(61)52-49-46-43-40-37-34-24-21-18-15-12-9-6-3)66-60(63)54-51-48-45-42-39-36-32-28-26-23-20-17-14-11-8-5-2/h9,12,15,18,21,24,28-30,32,34,37,40,43,57H,4-8,10-11,13-14,16-17,19-20,22-23,25-27,31,33,35-36,38-39,41-42,44-56H2,1-3H3/b12-9-,18-15-,24-21-,30-29-,32-28-,37-34-,43-40-. The van der Waals surface area contributed by atoms with E-state index in [2.05, 4.69) is 51.2 Å². The number of ether oxygens (including phenoxy) is 3. The normalized spacial score (nSPS) is 12.7. The summed E-state index contributed by atoms with van der Waals surface area (Å²) in [4.78, 5) is 38.0. The first-order valence-corrected chi connectivity index (χ1v) is 27.7. The van der Waals surface area contributed by atoms with Gasteiger partial charge in [0, 0.05) is 19.3 Å². The molecule has 0 radical (unpaired) electrons. The van der Waals surface area contributed by atoms with Crippen LogP contribution >= 0.6 is 0 Å². The number of rotatable bonds is 49. The summed E-state index contributed by atoms with van der Waals surface area (Å²) in [6.07, 6.45) is 70.1. The zero-order valence-electron chi connectivity index (χ0n) is 43.2. The Morgan fingerprint density at radius 3 is 1.02 bits per heavy atom. The molecule has 0 amide bonds. The lowest BCUT2D eigenvalue weighted by molar-refractivity contribution is -0.167. The summed E-state index contributed by atoms with van der Waals surface area (Å²) in [5.74, 6) is -0.991. The summed E-state index contributed by atoms with van der Waals surface area (Å²) in [6.45, 7) is 6.43. The number of allylic oxidation sites excluding steroid dienone is 14. The van der Waals surface area contributed by atoms with Gasteiger partial charge in [0.2, 0.25) is 0 Å². The van der Waals surface area contributed by atoms with Crippen LogP contribution in [-0.2, 0) is 28.6 Å². The van der Waals surface area contributed by atoms with Gasteiger partial charge in [0.05, 0.1) is 0 Å². The van der Waals surface area contributed by atoms with Crippen molar-refractivity contribution >= 4 is 17.9 Å². The maximum Gasteiger partial charge on any atom is 0.306 e. The van der Waals surface area contributed by atoms with E-state index in [0.717, 1.165) is 64.2 Å². The van der Waals surface area contributed by atoms with Gasteiger partial charge in [-0.2, -0.15) is 0 Å². The highest BCUT2D eigenvalue weighted by molar-refractivity contribution is 5.71. The molecule has 1 unspecified atom stereocenters. The fourth-order valence-electron chi connectivity index (χ4n) is 7.58. The molecule has 66 heavy (non-hydrogen) atoms. The van der Waals surface area contributed by atoms with E-state index in [0.29, 0.717) is 19.3 Å². The summed E-state index contributed by atoms with van der Waals surface area (Å²) in [5.41, 5.74) is 0. The average Bonchev–Trinajstić information content (AvgIpc) is 3.31. The van der Waals surface area contributed by atoms with Gasteiger partial charge in [0.15, 0.2) is 6.10 Å². The fourth-order valence-corrected chi connectivity index (χ4v) is 7.58. The third-order valence-electron chi connectivity index (χ3n) is 11.7. The molecule has 0 spiro atoms. The first-order valence-electron chi connectivity index (χ1n) is 27.7. The van der Waals surface area contributed by atoms with E-state index in [1.54, 1.807) is 0 Å². The molecule has 0 fully saturated rings. The summed E-state index contributed by atoms with van der Waals surface area (Å²) < 4.78 is 16.8. The van der Waals surface area contributed by atoms with Gasteiger partial charge in [-0.05, 0) is 83.5 Å².